The smallest absolute Gasteiger partial charge is 0.383 e. The maximum atomic E-state index is 13.2. The minimum Gasteiger partial charge on any atom is -0.385 e. The first-order valence-electron chi connectivity index (χ1n) is 8.97. The van der Waals surface area contributed by atoms with Crippen LogP contribution >= 0.6 is 49.6 Å². The van der Waals surface area contributed by atoms with Crippen LogP contribution in [0.5, 0.6) is 0 Å². The third-order valence-corrected chi connectivity index (χ3v) is 7.06. The van der Waals surface area contributed by atoms with Gasteiger partial charge in [-0.2, -0.15) is 25.3 Å². The van der Waals surface area contributed by atoms with Gasteiger partial charge < -0.3 is 19.3 Å². The van der Waals surface area contributed by atoms with Crippen molar-refractivity contribution in [2.45, 2.75) is 32.9 Å². The van der Waals surface area contributed by atoms with E-state index in [-0.39, 0.29) is 19.0 Å². The number of carbonyl (C=O) groups is 4. The number of thioether (sulfide) groups is 1. The van der Waals surface area contributed by atoms with E-state index in [2.05, 4.69) is 47.7 Å². The lowest BCUT2D eigenvalue weighted by molar-refractivity contribution is -0.258. The van der Waals surface area contributed by atoms with Gasteiger partial charge in [-0.3, -0.25) is 9.59 Å². The highest BCUT2D eigenvalue weighted by atomic mass is 32.2. The molecule has 0 radical (unpaired) electrons. The van der Waals surface area contributed by atoms with Crippen LogP contribution in [0, 0.1) is 0 Å². The van der Waals surface area contributed by atoms with E-state index in [0.29, 0.717) is 26.1 Å². The van der Waals surface area contributed by atoms with Crippen LogP contribution < -0.4 is 0 Å². The number of amides is 2. The highest BCUT2D eigenvalue weighted by Gasteiger charge is 2.66. The van der Waals surface area contributed by atoms with E-state index in [1.807, 2.05) is 0 Å². The molecule has 3 atom stereocenters. The average molecular weight is 501 g/mol. The minimum absolute atomic E-state index is 0.191. The number of rotatable bonds is 10. The summed E-state index contributed by atoms with van der Waals surface area (Å²) in [5.41, 5.74) is 0. The van der Waals surface area contributed by atoms with Crippen molar-refractivity contribution in [1.82, 2.24) is 9.80 Å². The number of hydrogen-bond donors (Lipinski definition) is 3. The third-order valence-electron chi connectivity index (χ3n) is 4.47. The van der Waals surface area contributed by atoms with Crippen LogP contribution in [0.2, 0.25) is 0 Å². The minimum atomic E-state index is -1.76. The topological polar surface area (TPSA) is 112 Å². The molecule has 3 aliphatic rings. The Balaban J connectivity index is 2.25. The zero-order valence-corrected chi connectivity index (χ0v) is 19.9. The molecule has 3 heterocycles. The Bertz CT molecular complexity index is 682. The monoisotopic (exact) mass is 500 g/mol. The Labute approximate surface area is 194 Å². The molecule has 3 saturated heterocycles. The lowest BCUT2D eigenvalue weighted by atomic mass is 10.0. The molecule has 0 aromatic rings. The van der Waals surface area contributed by atoms with Crippen molar-refractivity contribution < 1.29 is 38.4 Å². The van der Waals surface area contributed by atoms with E-state index in [1.54, 1.807) is 0 Å². The molecule has 3 rings (SSSR count). The molecule has 3 fully saturated rings. The van der Waals surface area contributed by atoms with Crippen molar-refractivity contribution >= 4 is 73.4 Å². The molecule has 0 aromatic heterocycles. The fourth-order valence-electron chi connectivity index (χ4n) is 3.10. The van der Waals surface area contributed by atoms with Crippen molar-refractivity contribution in [3.05, 3.63) is 0 Å². The number of hydrogen-bond acceptors (Lipinski definition) is 12. The summed E-state index contributed by atoms with van der Waals surface area (Å²) in [6.07, 6.45) is 0.984. The second-order valence-corrected chi connectivity index (χ2v) is 10.2. The predicted molar refractivity (Wildman–Crippen MR) is 117 cm³/mol. The second kappa shape index (κ2) is 11.2. The van der Waals surface area contributed by atoms with Gasteiger partial charge in [-0.25, -0.2) is 19.4 Å². The van der Waals surface area contributed by atoms with Crippen LogP contribution in [0.25, 0.3) is 0 Å². The summed E-state index contributed by atoms with van der Waals surface area (Å²) in [6, 6.07) is -1.24. The summed E-state index contributed by atoms with van der Waals surface area (Å²) in [7, 11) is 3.06. The van der Waals surface area contributed by atoms with Crippen molar-refractivity contribution in [3.8, 4) is 0 Å². The summed E-state index contributed by atoms with van der Waals surface area (Å²) in [6.45, 7) is 1.26. The fraction of sp³-hybridized carbons (Fsp3) is 0.750. The standard InChI is InChI=1S/C16H24N2O8S4/c1-23-7-3-5-17-9-10(19)18(6-4-8-24-2)12(11(17)20)30-16(9,29)15(22)26-25-13(21)14(27)28/h9,12,14,27-29H,3-8H2,1-2H3. The SMILES string of the molecule is COCCCN1C(=O)C2N(CCCOC)C(=O)C1SC2(S)C(=O)OOC(=O)C(S)S. The molecule has 30 heavy (non-hydrogen) atoms. The molecule has 170 valence electrons. The lowest BCUT2D eigenvalue weighted by Gasteiger charge is -2.55. The Kier molecular flexibility index (Phi) is 9.49. The number of fused-ring (bicyclic) bond motifs is 3. The van der Waals surface area contributed by atoms with E-state index in [4.69, 9.17) is 9.47 Å². The van der Waals surface area contributed by atoms with E-state index in [9.17, 15) is 19.2 Å². The van der Waals surface area contributed by atoms with Crippen LogP contribution in [0.3, 0.4) is 0 Å². The van der Waals surface area contributed by atoms with Gasteiger partial charge >= 0.3 is 11.9 Å². The number of methoxy groups -OCH3 is 2. The van der Waals surface area contributed by atoms with E-state index < -0.39 is 37.9 Å². The Morgan fingerprint density at radius 3 is 2.13 bits per heavy atom. The molecule has 0 aromatic carbocycles. The Morgan fingerprint density at radius 2 is 1.60 bits per heavy atom. The molecule has 0 aliphatic carbocycles. The van der Waals surface area contributed by atoms with Gasteiger partial charge in [0.15, 0.2) is 9.45 Å². The lowest BCUT2D eigenvalue weighted by Crippen LogP contribution is -2.75. The predicted octanol–water partition coefficient (Wildman–Crippen LogP) is -0.0151. The summed E-state index contributed by atoms with van der Waals surface area (Å²) in [4.78, 5) is 62.2. The van der Waals surface area contributed by atoms with Gasteiger partial charge in [0.05, 0.1) is 0 Å². The molecular formula is C16H24N2O8S4. The van der Waals surface area contributed by atoms with Gasteiger partial charge in [-0.05, 0) is 12.8 Å². The van der Waals surface area contributed by atoms with Gasteiger partial charge in [-0.15, -0.1) is 12.6 Å². The molecule has 3 unspecified atom stereocenters. The van der Waals surface area contributed by atoms with Crippen LogP contribution in [-0.2, 0) is 38.4 Å². The number of ether oxygens (including phenoxy) is 2. The van der Waals surface area contributed by atoms with Gasteiger partial charge in [0, 0.05) is 40.5 Å². The van der Waals surface area contributed by atoms with E-state index in [1.165, 1.54) is 24.0 Å². The quantitative estimate of drug-likeness (QED) is 0.125. The maximum Gasteiger partial charge on any atom is 0.383 e. The molecule has 10 nitrogen and oxygen atoms in total. The third kappa shape index (κ3) is 5.33. The molecule has 0 saturated carbocycles. The first kappa shape index (κ1) is 25.5. The van der Waals surface area contributed by atoms with Crippen LogP contribution in [0.15, 0.2) is 0 Å². The maximum absolute atomic E-state index is 13.2. The fourth-order valence-corrected chi connectivity index (χ4v) is 5.18. The van der Waals surface area contributed by atoms with Crippen LogP contribution in [-0.4, -0.2) is 94.2 Å². The van der Waals surface area contributed by atoms with Crippen molar-refractivity contribution in [2.75, 3.05) is 40.5 Å². The second-order valence-electron chi connectivity index (χ2n) is 6.47. The normalized spacial score (nSPS) is 25.8. The van der Waals surface area contributed by atoms with Gasteiger partial charge in [0.1, 0.15) is 10.6 Å². The molecule has 2 amide bonds. The first-order chi connectivity index (χ1) is 14.2. The largest absolute Gasteiger partial charge is 0.385 e. The van der Waals surface area contributed by atoms with Crippen molar-refractivity contribution in [2.24, 2.45) is 0 Å². The van der Waals surface area contributed by atoms with E-state index >= 15 is 0 Å². The summed E-state index contributed by atoms with van der Waals surface area (Å²) >= 11 is 12.8. The molecule has 0 N–H and O–H groups in total. The number of piperazine rings is 1. The highest BCUT2D eigenvalue weighted by Crippen LogP contribution is 2.50. The highest BCUT2D eigenvalue weighted by molar-refractivity contribution is 8.13. The number of carbonyl (C=O) groups excluding carboxylic acids is 4. The molecule has 0 spiro atoms. The summed E-state index contributed by atoms with van der Waals surface area (Å²) < 4.78 is 7.15. The number of nitrogens with zero attached hydrogens (tertiary/aromatic N) is 2. The van der Waals surface area contributed by atoms with Gasteiger partial charge in [0.25, 0.3) is 5.91 Å². The zero-order valence-electron chi connectivity index (χ0n) is 16.4. The van der Waals surface area contributed by atoms with Crippen LogP contribution in [0.4, 0.5) is 0 Å². The molecule has 3 aliphatic heterocycles. The van der Waals surface area contributed by atoms with E-state index in [0.717, 1.165) is 11.8 Å². The molecule has 2 bridgehead atoms. The number of thiol groups is 3. The Hall–Kier alpha value is -0.800. The van der Waals surface area contributed by atoms with Gasteiger partial charge in [0.2, 0.25) is 5.91 Å². The summed E-state index contributed by atoms with van der Waals surface area (Å²) in [5, 5.41) is -0.967. The van der Waals surface area contributed by atoms with Crippen LogP contribution in [0.1, 0.15) is 12.8 Å². The molecular weight excluding hydrogens is 476 g/mol. The Morgan fingerprint density at radius 1 is 1.03 bits per heavy atom. The summed E-state index contributed by atoms with van der Waals surface area (Å²) in [5.74, 6) is -2.82. The first-order valence-corrected chi connectivity index (χ1v) is 11.3. The molecule has 14 heteroatoms. The zero-order chi connectivity index (χ0) is 22.5. The van der Waals surface area contributed by atoms with Crippen molar-refractivity contribution in [3.63, 3.8) is 0 Å². The average Bonchev–Trinajstić information content (AvgIpc) is 2.70. The van der Waals surface area contributed by atoms with Gasteiger partial charge in [-0.1, -0.05) is 11.8 Å². The van der Waals surface area contributed by atoms with Crippen molar-refractivity contribution in [1.29, 1.82) is 0 Å².